The van der Waals surface area contributed by atoms with E-state index in [0.29, 0.717) is 24.2 Å². The number of ether oxygens (including phenoxy) is 1. The van der Waals surface area contributed by atoms with Gasteiger partial charge in [-0.25, -0.2) is 14.4 Å². The first-order valence-electron chi connectivity index (χ1n) is 12.9. The molecule has 2 amide bonds. The molecule has 15 heteroatoms. The van der Waals surface area contributed by atoms with Gasteiger partial charge in [-0.1, -0.05) is 38.8 Å². The molecule has 3 rings (SSSR count). The molecule has 0 bridgehead atoms. The maximum absolute atomic E-state index is 12.6. The second kappa shape index (κ2) is 22.4. The summed E-state index contributed by atoms with van der Waals surface area (Å²) >= 11 is 0. The van der Waals surface area contributed by atoms with Crippen molar-refractivity contribution < 1.29 is 67.3 Å². The molecule has 43 heavy (non-hydrogen) atoms. The molecular weight excluding hydrogens is 584 g/mol. The molecule has 3 aromatic rings. The summed E-state index contributed by atoms with van der Waals surface area (Å²) in [5.74, 6) is -0.473. The van der Waals surface area contributed by atoms with Crippen LogP contribution in [0.15, 0.2) is 52.1 Å². The minimum Gasteiger partial charge on any atom is -0.857 e. The summed E-state index contributed by atoms with van der Waals surface area (Å²) in [5, 5.41) is 20.5. The Balaban J connectivity index is 0. The number of para-hydroxylation sites is 1. The zero-order chi connectivity index (χ0) is 32.3. The molecule has 0 unspecified atom stereocenters. The number of esters is 1. The normalized spacial score (nSPS) is 9.91. The molecule has 0 aliphatic carbocycles. The van der Waals surface area contributed by atoms with E-state index in [1.54, 1.807) is 24.3 Å². The fourth-order valence-corrected chi connectivity index (χ4v) is 3.37. The summed E-state index contributed by atoms with van der Waals surface area (Å²) < 4.78 is 43.5. The van der Waals surface area contributed by atoms with Gasteiger partial charge in [0.25, 0.3) is 5.56 Å². The van der Waals surface area contributed by atoms with E-state index < -0.39 is 29.0 Å². The summed E-state index contributed by atoms with van der Waals surface area (Å²) in [5.41, 5.74) is -1.31. The van der Waals surface area contributed by atoms with Crippen molar-refractivity contribution in [1.82, 2.24) is 14.9 Å². The molecule has 234 valence electrons. The number of carbonyl (C=O) groups is 2. The molecule has 2 aromatic carbocycles. The van der Waals surface area contributed by atoms with Crippen LogP contribution in [-0.4, -0.2) is 54.5 Å². The standard InChI is InChI=1S/C13H13F3N2O2.C13H18N2O3.CH4O.CH3O.Na/c1-2-3-6-18-11(19)9-7-8(13(14,15)16)4-5-10(9)17-12(18)20;1-3-4-9-14-13(17)15-11-8-6-5-7-10(11)12(16)18-2;2*1-2;/h4-5,7H,2-3,6H2,1H3,(H,17,20);5-8H,3-4,9H2,1-2H3,(H2,14,15,17);2H,1H3;1H3;/q;;;-1;+1. The summed E-state index contributed by atoms with van der Waals surface area (Å²) in [6, 6.07) is 9.12. The Kier molecular flexibility index (Phi) is 21.8. The number of halogens is 3. The van der Waals surface area contributed by atoms with Crippen LogP contribution in [-0.2, 0) is 17.5 Å². The molecular formula is C28H38F3N4NaO7. The Morgan fingerprint density at radius 3 is 2.19 bits per heavy atom. The Bertz CT molecular complexity index is 1380. The fourth-order valence-electron chi connectivity index (χ4n) is 3.37. The van der Waals surface area contributed by atoms with E-state index in [4.69, 9.17) is 10.2 Å². The molecule has 1 aromatic heterocycles. The second-order valence-electron chi connectivity index (χ2n) is 8.27. The molecule has 0 atom stereocenters. The number of hydrogen-bond donors (Lipinski definition) is 4. The van der Waals surface area contributed by atoms with Crippen molar-refractivity contribution in [3.05, 3.63) is 74.4 Å². The van der Waals surface area contributed by atoms with Crippen LogP contribution in [0.4, 0.5) is 23.7 Å². The molecule has 11 nitrogen and oxygen atoms in total. The number of aromatic nitrogens is 2. The van der Waals surface area contributed by atoms with Crippen molar-refractivity contribution in [2.75, 3.05) is 33.2 Å². The van der Waals surface area contributed by atoms with Gasteiger partial charge in [0.05, 0.1) is 34.8 Å². The van der Waals surface area contributed by atoms with Crippen LogP contribution in [0, 0.1) is 0 Å². The predicted octanol–water partition coefficient (Wildman–Crippen LogP) is 0.493. The number of aliphatic hydroxyl groups is 1. The number of nitrogens with one attached hydrogen (secondary N) is 3. The van der Waals surface area contributed by atoms with E-state index in [-0.39, 0.29) is 53.0 Å². The van der Waals surface area contributed by atoms with Gasteiger partial charge >= 0.3 is 53.4 Å². The fraction of sp³-hybridized carbons (Fsp3) is 0.429. The van der Waals surface area contributed by atoms with Crippen molar-refractivity contribution >= 4 is 28.6 Å². The quantitative estimate of drug-likeness (QED) is 0.161. The number of nitrogens with zero attached hydrogens (tertiary/aromatic N) is 1. The number of urea groups is 1. The monoisotopic (exact) mass is 622 g/mol. The number of benzene rings is 2. The van der Waals surface area contributed by atoms with E-state index >= 15 is 0 Å². The molecule has 0 aliphatic heterocycles. The Morgan fingerprint density at radius 2 is 1.63 bits per heavy atom. The molecule has 0 radical (unpaired) electrons. The van der Waals surface area contributed by atoms with Crippen LogP contribution in [0.1, 0.15) is 55.5 Å². The van der Waals surface area contributed by atoms with E-state index in [0.717, 1.165) is 56.2 Å². The number of unbranched alkanes of at least 4 members (excludes halogenated alkanes) is 2. The van der Waals surface area contributed by atoms with Crippen LogP contribution in [0.5, 0.6) is 0 Å². The number of methoxy groups -OCH3 is 1. The van der Waals surface area contributed by atoms with Gasteiger partial charge in [0, 0.05) is 20.2 Å². The third-order valence-electron chi connectivity index (χ3n) is 5.44. The van der Waals surface area contributed by atoms with E-state index in [9.17, 15) is 32.3 Å². The summed E-state index contributed by atoms with van der Waals surface area (Å²) in [4.78, 5) is 49.3. The summed E-state index contributed by atoms with van der Waals surface area (Å²) in [7, 11) is 3.06. The van der Waals surface area contributed by atoms with Crippen LogP contribution in [0.25, 0.3) is 10.9 Å². The van der Waals surface area contributed by atoms with Crippen molar-refractivity contribution in [3.8, 4) is 0 Å². The van der Waals surface area contributed by atoms with Gasteiger partial charge in [0.1, 0.15) is 0 Å². The van der Waals surface area contributed by atoms with Crippen LogP contribution in [0.3, 0.4) is 0 Å². The number of aromatic amines is 1. The maximum Gasteiger partial charge on any atom is 1.00 e. The van der Waals surface area contributed by atoms with Gasteiger partial charge < -0.3 is 30.6 Å². The van der Waals surface area contributed by atoms with Gasteiger partial charge in [-0.2, -0.15) is 20.3 Å². The average Bonchev–Trinajstić information content (AvgIpc) is 2.99. The van der Waals surface area contributed by atoms with Gasteiger partial charge in [0.15, 0.2) is 0 Å². The first-order chi connectivity index (χ1) is 20.0. The largest absolute Gasteiger partial charge is 1.00 e. The smallest absolute Gasteiger partial charge is 0.857 e. The van der Waals surface area contributed by atoms with E-state index in [1.165, 1.54) is 7.11 Å². The number of aliphatic hydroxyl groups excluding tert-OH is 1. The minimum atomic E-state index is -4.52. The third-order valence-corrected chi connectivity index (χ3v) is 5.44. The molecule has 0 saturated heterocycles. The topological polar surface area (TPSA) is 166 Å². The second-order valence-corrected chi connectivity index (χ2v) is 8.27. The van der Waals surface area contributed by atoms with E-state index in [2.05, 4.69) is 20.4 Å². The number of alkyl halides is 3. The molecule has 1 heterocycles. The maximum atomic E-state index is 12.6. The third kappa shape index (κ3) is 13.8. The molecule has 0 aliphatic rings. The molecule has 0 fully saturated rings. The molecule has 0 saturated carbocycles. The van der Waals surface area contributed by atoms with Crippen molar-refractivity contribution in [1.29, 1.82) is 0 Å². The first kappa shape index (κ1) is 42.0. The number of rotatable bonds is 8. The predicted molar refractivity (Wildman–Crippen MR) is 153 cm³/mol. The number of carbonyl (C=O) groups excluding carboxylic acids is 2. The summed E-state index contributed by atoms with van der Waals surface area (Å²) in [6.07, 6.45) is -1.21. The zero-order valence-electron chi connectivity index (χ0n) is 25.3. The average molecular weight is 623 g/mol. The Morgan fingerprint density at radius 1 is 1.02 bits per heavy atom. The number of H-pyrrole nitrogens is 1. The van der Waals surface area contributed by atoms with Crippen molar-refractivity contribution in [2.45, 2.75) is 52.3 Å². The number of anilines is 1. The number of fused-ring (bicyclic) bond motifs is 1. The Hall–Kier alpha value is -3.17. The van der Waals surface area contributed by atoms with Crippen LogP contribution >= 0.6 is 0 Å². The van der Waals surface area contributed by atoms with Crippen LogP contribution in [0.2, 0.25) is 0 Å². The van der Waals surface area contributed by atoms with Gasteiger partial charge in [-0.15, -0.1) is 0 Å². The van der Waals surface area contributed by atoms with Gasteiger partial charge in [0.2, 0.25) is 0 Å². The number of amides is 2. The molecule has 0 spiro atoms. The minimum absolute atomic E-state index is 0. The Labute approximate surface area is 269 Å². The number of hydrogen-bond acceptors (Lipinski definition) is 7. The first-order valence-corrected chi connectivity index (χ1v) is 12.9. The van der Waals surface area contributed by atoms with Crippen molar-refractivity contribution in [2.24, 2.45) is 0 Å². The van der Waals surface area contributed by atoms with Gasteiger partial charge in [-0.3, -0.25) is 9.36 Å². The van der Waals surface area contributed by atoms with Crippen LogP contribution < -0.4 is 56.5 Å². The van der Waals surface area contributed by atoms with Crippen molar-refractivity contribution in [3.63, 3.8) is 0 Å². The summed E-state index contributed by atoms with van der Waals surface area (Å²) in [6.45, 7) is 4.74. The van der Waals surface area contributed by atoms with Gasteiger partial charge in [-0.05, 0) is 43.2 Å². The molecule has 4 N–H and O–H groups in total. The zero-order valence-corrected chi connectivity index (χ0v) is 27.3. The van der Waals surface area contributed by atoms with E-state index in [1.807, 2.05) is 13.8 Å². The SMILES string of the molecule is CCCCNC(=O)Nc1ccccc1C(=O)OC.CCCCn1c(=O)[nH]c2ccc(C(F)(F)F)cc2c1=O.CO.C[O-].[Na+].